The fourth-order valence-corrected chi connectivity index (χ4v) is 3.43. The van der Waals surface area contributed by atoms with Crippen LogP contribution in [0.15, 0.2) is 0 Å². The highest BCUT2D eigenvalue weighted by atomic mass is 16.5. The summed E-state index contributed by atoms with van der Waals surface area (Å²) in [5.41, 5.74) is 5.12. The van der Waals surface area contributed by atoms with Gasteiger partial charge in [-0.2, -0.15) is 0 Å². The Bertz CT molecular complexity index is 364. The van der Waals surface area contributed by atoms with Crippen molar-refractivity contribution in [1.82, 2.24) is 5.32 Å². The van der Waals surface area contributed by atoms with E-state index in [1.165, 1.54) is 0 Å². The van der Waals surface area contributed by atoms with Crippen LogP contribution < -0.4 is 11.1 Å². The molecule has 116 valence electrons. The van der Waals surface area contributed by atoms with E-state index in [0.29, 0.717) is 25.6 Å². The number of rotatable bonds is 3. The van der Waals surface area contributed by atoms with E-state index in [1.54, 1.807) is 0 Å². The van der Waals surface area contributed by atoms with Crippen LogP contribution in [0.25, 0.3) is 0 Å². The van der Waals surface area contributed by atoms with Crippen LogP contribution >= 0.6 is 0 Å². The lowest BCUT2D eigenvalue weighted by Crippen LogP contribution is -2.53. The normalized spacial score (nSPS) is 40.5. The summed E-state index contributed by atoms with van der Waals surface area (Å²) in [6, 6.07) is 0.168. The van der Waals surface area contributed by atoms with Gasteiger partial charge in [0.15, 0.2) is 0 Å². The zero-order valence-corrected chi connectivity index (χ0v) is 12.8. The molecule has 0 spiro atoms. The Morgan fingerprint density at radius 3 is 2.75 bits per heavy atom. The Kier molecular flexibility index (Phi) is 4.42. The van der Waals surface area contributed by atoms with Crippen molar-refractivity contribution in [2.24, 2.45) is 23.0 Å². The number of hydrogen-bond donors (Lipinski definition) is 3. The number of ether oxygens (including phenoxy) is 1. The van der Waals surface area contributed by atoms with E-state index in [4.69, 9.17) is 10.5 Å². The van der Waals surface area contributed by atoms with Gasteiger partial charge in [0.05, 0.1) is 6.61 Å². The van der Waals surface area contributed by atoms with E-state index in [-0.39, 0.29) is 29.8 Å². The molecule has 1 saturated heterocycles. The number of nitrogens with two attached hydrogens (primary N) is 1. The third-order valence-corrected chi connectivity index (χ3v) is 5.49. The maximum atomic E-state index is 12.5. The second-order valence-electron chi connectivity index (χ2n) is 7.15. The monoisotopic (exact) mass is 284 g/mol. The largest absolute Gasteiger partial charge is 0.386 e. The second-order valence-corrected chi connectivity index (χ2v) is 7.15. The molecule has 0 aromatic heterocycles. The molecular weight excluding hydrogens is 256 g/mol. The number of carbonyl (C=O) groups excluding carboxylic acids is 1. The zero-order chi connectivity index (χ0) is 15.0. The maximum Gasteiger partial charge on any atom is 0.223 e. The van der Waals surface area contributed by atoms with Gasteiger partial charge in [-0.1, -0.05) is 20.8 Å². The van der Waals surface area contributed by atoms with Crippen LogP contribution in [0.5, 0.6) is 0 Å². The van der Waals surface area contributed by atoms with E-state index >= 15 is 0 Å². The summed E-state index contributed by atoms with van der Waals surface area (Å²) < 4.78 is 5.19. The molecule has 5 nitrogen and oxygen atoms in total. The first-order valence-corrected chi connectivity index (χ1v) is 7.60. The highest BCUT2D eigenvalue weighted by Crippen LogP contribution is 2.44. The van der Waals surface area contributed by atoms with Crippen LogP contribution in [-0.2, 0) is 9.53 Å². The molecule has 5 heteroatoms. The predicted octanol–water partition coefficient (Wildman–Crippen LogP) is 0.654. The van der Waals surface area contributed by atoms with Crippen molar-refractivity contribution in [3.8, 4) is 0 Å². The lowest BCUT2D eigenvalue weighted by molar-refractivity contribution is -0.133. The first kappa shape index (κ1) is 15.7. The van der Waals surface area contributed by atoms with Gasteiger partial charge in [-0.3, -0.25) is 4.79 Å². The molecule has 4 unspecified atom stereocenters. The summed E-state index contributed by atoms with van der Waals surface area (Å²) in [7, 11) is 0. The molecule has 1 aliphatic carbocycles. The summed E-state index contributed by atoms with van der Waals surface area (Å²) in [4.78, 5) is 12.5. The van der Waals surface area contributed by atoms with Gasteiger partial charge in [0, 0.05) is 31.5 Å². The van der Waals surface area contributed by atoms with Crippen LogP contribution in [0.1, 0.15) is 40.0 Å². The van der Waals surface area contributed by atoms with Gasteiger partial charge in [-0.05, 0) is 24.2 Å². The van der Waals surface area contributed by atoms with E-state index in [1.807, 2.05) is 0 Å². The second kappa shape index (κ2) is 5.62. The summed E-state index contributed by atoms with van der Waals surface area (Å²) in [6.07, 6.45) is 2.29. The Morgan fingerprint density at radius 1 is 1.45 bits per heavy atom. The maximum absolute atomic E-state index is 12.5. The van der Waals surface area contributed by atoms with Crippen molar-refractivity contribution >= 4 is 5.91 Å². The van der Waals surface area contributed by atoms with Gasteiger partial charge >= 0.3 is 0 Å². The molecule has 2 rings (SSSR count). The highest BCUT2D eigenvalue weighted by molar-refractivity contribution is 5.79. The Balaban J connectivity index is 1.95. The molecular formula is C15H28N2O3. The molecule has 0 aromatic carbocycles. The summed E-state index contributed by atoms with van der Waals surface area (Å²) in [5, 5.41) is 13.1. The lowest BCUT2D eigenvalue weighted by atomic mass is 9.61. The van der Waals surface area contributed by atoms with Gasteiger partial charge in [-0.15, -0.1) is 0 Å². The summed E-state index contributed by atoms with van der Waals surface area (Å²) >= 11 is 0. The van der Waals surface area contributed by atoms with Crippen molar-refractivity contribution in [3.05, 3.63) is 0 Å². The third kappa shape index (κ3) is 3.00. The molecule has 0 bridgehead atoms. The molecule has 0 aromatic rings. The highest BCUT2D eigenvalue weighted by Gasteiger charge is 2.45. The fraction of sp³-hybridized carbons (Fsp3) is 0.933. The standard InChI is InChI=1S/C15H28N2O3/c1-10-12(16)5-4-11(14(10,2)3)13(18)17-8-15(19)6-7-20-9-15/h10-12,19H,4-9,16H2,1-3H3,(H,17,18). The van der Waals surface area contributed by atoms with Crippen LogP contribution in [-0.4, -0.2) is 42.4 Å². The lowest BCUT2D eigenvalue weighted by Gasteiger charge is -2.46. The molecule has 2 aliphatic rings. The van der Waals surface area contributed by atoms with Crippen molar-refractivity contribution in [2.75, 3.05) is 19.8 Å². The van der Waals surface area contributed by atoms with Gasteiger partial charge < -0.3 is 20.9 Å². The van der Waals surface area contributed by atoms with Crippen LogP contribution in [0.4, 0.5) is 0 Å². The van der Waals surface area contributed by atoms with Crippen molar-refractivity contribution in [3.63, 3.8) is 0 Å². The Labute approximate surface area is 121 Å². The molecule has 2 fully saturated rings. The van der Waals surface area contributed by atoms with Crippen LogP contribution in [0.2, 0.25) is 0 Å². The number of hydrogen-bond acceptors (Lipinski definition) is 4. The third-order valence-electron chi connectivity index (χ3n) is 5.49. The topological polar surface area (TPSA) is 84.6 Å². The van der Waals surface area contributed by atoms with Gasteiger partial charge in [0.25, 0.3) is 0 Å². The van der Waals surface area contributed by atoms with E-state index < -0.39 is 5.60 Å². The van der Waals surface area contributed by atoms with Crippen molar-refractivity contribution in [2.45, 2.75) is 51.7 Å². The SMILES string of the molecule is CC1C(N)CCC(C(=O)NCC2(O)CCOC2)C1(C)C. The van der Waals surface area contributed by atoms with Crippen LogP contribution in [0, 0.1) is 17.3 Å². The summed E-state index contributed by atoms with van der Waals surface area (Å²) in [6.45, 7) is 7.51. The molecule has 1 aliphatic heterocycles. The van der Waals surface area contributed by atoms with Crippen molar-refractivity contribution < 1.29 is 14.6 Å². The molecule has 1 amide bonds. The number of amides is 1. The first-order chi connectivity index (χ1) is 9.26. The quantitative estimate of drug-likeness (QED) is 0.710. The van der Waals surface area contributed by atoms with Crippen LogP contribution in [0.3, 0.4) is 0 Å². The number of aliphatic hydroxyl groups is 1. The van der Waals surface area contributed by atoms with E-state index in [0.717, 1.165) is 12.8 Å². The molecule has 1 heterocycles. The Hall–Kier alpha value is -0.650. The van der Waals surface area contributed by atoms with Crippen molar-refractivity contribution in [1.29, 1.82) is 0 Å². The molecule has 4 N–H and O–H groups in total. The number of nitrogens with one attached hydrogen (secondary N) is 1. The molecule has 20 heavy (non-hydrogen) atoms. The van der Waals surface area contributed by atoms with Gasteiger partial charge in [-0.25, -0.2) is 0 Å². The van der Waals surface area contributed by atoms with Gasteiger partial charge in [0.1, 0.15) is 5.60 Å². The minimum Gasteiger partial charge on any atom is -0.386 e. The minimum atomic E-state index is -0.892. The van der Waals surface area contributed by atoms with E-state index in [9.17, 15) is 9.90 Å². The summed E-state index contributed by atoms with van der Waals surface area (Å²) in [5.74, 6) is 0.308. The minimum absolute atomic E-state index is 0.0362. The average molecular weight is 284 g/mol. The predicted molar refractivity (Wildman–Crippen MR) is 77.0 cm³/mol. The molecule has 4 atom stereocenters. The van der Waals surface area contributed by atoms with E-state index in [2.05, 4.69) is 26.1 Å². The Morgan fingerprint density at radius 2 is 2.15 bits per heavy atom. The fourth-order valence-electron chi connectivity index (χ4n) is 3.43. The van der Waals surface area contributed by atoms with Gasteiger partial charge in [0.2, 0.25) is 5.91 Å². The smallest absolute Gasteiger partial charge is 0.223 e. The first-order valence-electron chi connectivity index (χ1n) is 7.60. The molecule has 0 radical (unpaired) electrons. The average Bonchev–Trinajstić information content (AvgIpc) is 2.81. The number of carbonyl (C=O) groups is 1. The molecule has 1 saturated carbocycles. The zero-order valence-electron chi connectivity index (χ0n) is 12.8.